The van der Waals surface area contributed by atoms with E-state index in [9.17, 15) is 9.59 Å². The van der Waals surface area contributed by atoms with Crippen LogP contribution < -0.4 is 10.6 Å². The van der Waals surface area contributed by atoms with Crippen molar-refractivity contribution in [2.24, 2.45) is 0 Å². The number of anilines is 1. The minimum absolute atomic E-state index is 0.0370. The number of nitrogens with zero attached hydrogens (tertiary/aromatic N) is 1. The van der Waals surface area contributed by atoms with E-state index in [1.165, 1.54) is 0 Å². The molecule has 0 bridgehead atoms. The van der Waals surface area contributed by atoms with Gasteiger partial charge in [-0.05, 0) is 17.7 Å². The molecule has 0 aromatic heterocycles. The lowest BCUT2D eigenvalue weighted by atomic mass is 10.2. The highest BCUT2D eigenvalue weighted by atomic mass is 16.2. The Morgan fingerprint density at radius 1 is 1.22 bits per heavy atom. The van der Waals surface area contributed by atoms with E-state index in [2.05, 4.69) is 10.6 Å². The van der Waals surface area contributed by atoms with E-state index in [4.69, 9.17) is 5.26 Å². The maximum absolute atomic E-state index is 11.2. The van der Waals surface area contributed by atoms with Crippen molar-refractivity contribution in [1.29, 1.82) is 5.26 Å². The molecule has 0 aliphatic carbocycles. The van der Waals surface area contributed by atoms with Gasteiger partial charge in [0.05, 0.1) is 6.07 Å². The predicted molar refractivity (Wildman–Crippen MR) is 67.4 cm³/mol. The fourth-order valence-corrected chi connectivity index (χ4v) is 1.29. The molecule has 0 radical (unpaired) electrons. The molecule has 0 heterocycles. The number of benzene rings is 1. The Morgan fingerprint density at radius 2 is 1.89 bits per heavy atom. The van der Waals surface area contributed by atoms with Gasteiger partial charge >= 0.3 is 0 Å². The Hall–Kier alpha value is -2.35. The Labute approximate surface area is 106 Å². The van der Waals surface area contributed by atoms with Gasteiger partial charge in [0, 0.05) is 18.7 Å². The van der Waals surface area contributed by atoms with Gasteiger partial charge < -0.3 is 10.6 Å². The SMILES string of the molecule is CCC(=O)Nc1ccc(CNC(=O)CC#N)cc1. The van der Waals surface area contributed by atoms with Crippen molar-refractivity contribution >= 4 is 17.5 Å². The molecule has 0 saturated heterocycles. The molecule has 2 N–H and O–H groups in total. The van der Waals surface area contributed by atoms with Crippen LogP contribution in [0.4, 0.5) is 5.69 Å². The van der Waals surface area contributed by atoms with E-state index in [-0.39, 0.29) is 18.2 Å². The molecule has 1 aromatic carbocycles. The van der Waals surface area contributed by atoms with Crippen molar-refractivity contribution in [3.05, 3.63) is 29.8 Å². The van der Waals surface area contributed by atoms with Gasteiger partial charge in [-0.15, -0.1) is 0 Å². The van der Waals surface area contributed by atoms with Crippen molar-refractivity contribution in [2.45, 2.75) is 26.3 Å². The fraction of sp³-hybridized carbons (Fsp3) is 0.308. The smallest absolute Gasteiger partial charge is 0.234 e. The molecule has 0 unspecified atom stereocenters. The van der Waals surface area contributed by atoms with Crippen LogP contribution in [-0.4, -0.2) is 11.8 Å². The zero-order chi connectivity index (χ0) is 13.4. The summed E-state index contributed by atoms with van der Waals surface area (Å²) >= 11 is 0. The fourth-order valence-electron chi connectivity index (χ4n) is 1.29. The number of nitriles is 1. The molecule has 94 valence electrons. The van der Waals surface area contributed by atoms with Crippen molar-refractivity contribution < 1.29 is 9.59 Å². The second kappa shape index (κ2) is 7.07. The van der Waals surface area contributed by atoms with Crippen LogP contribution in [0.5, 0.6) is 0 Å². The summed E-state index contributed by atoms with van der Waals surface area (Å²) in [6.45, 7) is 2.16. The van der Waals surface area contributed by atoms with Crippen LogP contribution in [0.3, 0.4) is 0 Å². The normalized spacial score (nSPS) is 9.33. The molecular weight excluding hydrogens is 230 g/mol. The monoisotopic (exact) mass is 245 g/mol. The Kier molecular flexibility index (Phi) is 5.39. The standard InChI is InChI=1S/C13H15N3O2/c1-2-12(17)16-11-5-3-10(4-6-11)9-15-13(18)7-8-14/h3-6H,2,7,9H2,1H3,(H,15,18)(H,16,17). The van der Waals surface area contributed by atoms with Crippen molar-refractivity contribution in [3.63, 3.8) is 0 Å². The molecule has 1 rings (SSSR count). The second-order valence-corrected chi connectivity index (χ2v) is 3.71. The Balaban J connectivity index is 2.48. The van der Waals surface area contributed by atoms with Crippen LogP contribution >= 0.6 is 0 Å². The van der Waals surface area contributed by atoms with Crippen LogP contribution in [0, 0.1) is 11.3 Å². The van der Waals surface area contributed by atoms with Crippen LogP contribution in [0.15, 0.2) is 24.3 Å². The van der Waals surface area contributed by atoms with E-state index in [1.54, 1.807) is 25.1 Å². The van der Waals surface area contributed by atoms with Crippen molar-refractivity contribution in [1.82, 2.24) is 5.32 Å². The molecule has 0 spiro atoms. The maximum atomic E-state index is 11.2. The lowest BCUT2D eigenvalue weighted by Gasteiger charge is -2.06. The summed E-state index contributed by atoms with van der Waals surface area (Å²) < 4.78 is 0. The number of rotatable bonds is 5. The van der Waals surface area contributed by atoms with Crippen LogP contribution in [-0.2, 0) is 16.1 Å². The predicted octanol–water partition coefficient (Wildman–Crippen LogP) is 1.56. The summed E-state index contributed by atoms with van der Waals surface area (Å²) in [6.07, 6.45) is 0.302. The largest absolute Gasteiger partial charge is 0.351 e. The van der Waals surface area contributed by atoms with Crippen molar-refractivity contribution in [2.75, 3.05) is 5.32 Å². The van der Waals surface area contributed by atoms with E-state index < -0.39 is 0 Å². The first-order chi connectivity index (χ1) is 8.65. The Bertz CT molecular complexity index is 460. The average molecular weight is 245 g/mol. The minimum atomic E-state index is -0.291. The third-order valence-electron chi connectivity index (χ3n) is 2.29. The number of amides is 2. The second-order valence-electron chi connectivity index (χ2n) is 3.71. The van der Waals surface area contributed by atoms with Gasteiger partial charge in [-0.1, -0.05) is 19.1 Å². The quantitative estimate of drug-likeness (QED) is 0.826. The van der Waals surface area contributed by atoms with Crippen LogP contribution in [0.2, 0.25) is 0 Å². The van der Waals surface area contributed by atoms with Gasteiger partial charge in [0.15, 0.2) is 0 Å². The molecule has 0 atom stereocenters. The molecule has 0 fully saturated rings. The molecule has 2 amide bonds. The third-order valence-corrected chi connectivity index (χ3v) is 2.29. The van der Waals surface area contributed by atoms with Crippen LogP contribution in [0.1, 0.15) is 25.3 Å². The topological polar surface area (TPSA) is 82.0 Å². The third kappa shape index (κ3) is 4.66. The first kappa shape index (κ1) is 13.7. The number of hydrogen-bond donors (Lipinski definition) is 2. The van der Waals surface area contributed by atoms with Crippen molar-refractivity contribution in [3.8, 4) is 6.07 Å². The lowest BCUT2D eigenvalue weighted by Crippen LogP contribution is -2.21. The summed E-state index contributed by atoms with van der Waals surface area (Å²) in [5, 5.41) is 13.7. The maximum Gasteiger partial charge on any atom is 0.234 e. The zero-order valence-corrected chi connectivity index (χ0v) is 10.2. The highest BCUT2D eigenvalue weighted by Gasteiger charge is 2.01. The zero-order valence-electron chi connectivity index (χ0n) is 10.2. The molecule has 18 heavy (non-hydrogen) atoms. The van der Waals surface area contributed by atoms with Gasteiger partial charge in [0.1, 0.15) is 6.42 Å². The molecular formula is C13H15N3O2. The van der Waals surface area contributed by atoms with E-state index in [1.807, 2.05) is 12.1 Å². The highest BCUT2D eigenvalue weighted by Crippen LogP contribution is 2.09. The first-order valence-corrected chi connectivity index (χ1v) is 5.68. The Morgan fingerprint density at radius 3 is 2.44 bits per heavy atom. The molecule has 1 aromatic rings. The molecule has 0 aliphatic rings. The lowest BCUT2D eigenvalue weighted by molar-refractivity contribution is -0.120. The number of carbonyl (C=O) groups excluding carboxylic acids is 2. The number of hydrogen-bond acceptors (Lipinski definition) is 3. The van der Waals surface area contributed by atoms with Crippen LogP contribution in [0.25, 0.3) is 0 Å². The summed E-state index contributed by atoms with van der Waals surface area (Å²) in [7, 11) is 0. The van der Waals surface area contributed by atoms with Gasteiger partial charge in [0.2, 0.25) is 11.8 Å². The summed E-state index contributed by atoms with van der Waals surface area (Å²) in [5.74, 6) is -0.328. The van der Waals surface area contributed by atoms with E-state index in [0.29, 0.717) is 13.0 Å². The molecule has 0 saturated carbocycles. The first-order valence-electron chi connectivity index (χ1n) is 5.68. The highest BCUT2D eigenvalue weighted by molar-refractivity contribution is 5.90. The minimum Gasteiger partial charge on any atom is -0.351 e. The summed E-state index contributed by atoms with van der Waals surface area (Å²) in [4.78, 5) is 22.2. The summed E-state index contributed by atoms with van der Waals surface area (Å²) in [5.41, 5.74) is 1.64. The number of carbonyl (C=O) groups is 2. The van der Waals surface area contributed by atoms with E-state index in [0.717, 1.165) is 11.3 Å². The summed E-state index contributed by atoms with van der Waals surface area (Å²) in [6, 6.07) is 8.97. The van der Waals surface area contributed by atoms with Gasteiger partial charge in [0.25, 0.3) is 0 Å². The molecule has 0 aliphatic heterocycles. The van der Waals surface area contributed by atoms with Gasteiger partial charge in [-0.3, -0.25) is 9.59 Å². The van der Waals surface area contributed by atoms with Gasteiger partial charge in [-0.2, -0.15) is 5.26 Å². The van der Waals surface area contributed by atoms with Gasteiger partial charge in [-0.25, -0.2) is 0 Å². The average Bonchev–Trinajstić information content (AvgIpc) is 2.38. The molecule has 5 heteroatoms. The van der Waals surface area contributed by atoms with E-state index >= 15 is 0 Å². The number of nitrogens with one attached hydrogen (secondary N) is 2. The molecule has 5 nitrogen and oxygen atoms in total.